The SMILES string of the molecule is CCOCCCNC(=O)C1CCN(C(C)C(=O)Nc2cccc(Cl)c2Cl)CC1. The van der Waals surface area contributed by atoms with Crippen molar-refractivity contribution in [2.45, 2.75) is 39.2 Å². The van der Waals surface area contributed by atoms with Gasteiger partial charge in [-0.05, 0) is 58.3 Å². The van der Waals surface area contributed by atoms with Crippen LogP contribution in [0.1, 0.15) is 33.1 Å². The molecule has 0 bridgehead atoms. The minimum atomic E-state index is -0.315. The van der Waals surface area contributed by atoms with Gasteiger partial charge in [-0.1, -0.05) is 29.3 Å². The highest BCUT2D eigenvalue weighted by Crippen LogP contribution is 2.30. The quantitative estimate of drug-likeness (QED) is 0.588. The summed E-state index contributed by atoms with van der Waals surface area (Å²) in [4.78, 5) is 26.9. The van der Waals surface area contributed by atoms with Gasteiger partial charge in [0.05, 0.1) is 21.8 Å². The smallest absolute Gasteiger partial charge is 0.241 e. The van der Waals surface area contributed by atoms with Crippen molar-refractivity contribution in [3.8, 4) is 0 Å². The number of hydrogen-bond acceptors (Lipinski definition) is 4. The monoisotopic (exact) mass is 429 g/mol. The van der Waals surface area contributed by atoms with Crippen molar-refractivity contribution in [3.05, 3.63) is 28.2 Å². The first-order valence-corrected chi connectivity index (χ1v) is 10.5. The summed E-state index contributed by atoms with van der Waals surface area (Å²) in [5.74, 6) is -0.0390. The molecule has 0 radical (unpaired) electrons. The molecule has 1 aromatic carbocycles. The van der Waals surface area contributed by atoms with E-state index in [1.54, 1.807) is 18.2 Å². The van der Waals surface area contributed by atoms with Crippen molar-refractivity contribution in [1.29, 1.82) is 0 Å². The Balaban J connectivity index is 1.76. The van der Waals surface area contributed by atoms with E-state index in [0.29, 0.717) is 48.6 Å². The summed E-state index contributed by atoms with van der Waals surface area (Å²) in [5.41, 5.74) is 0.507. The van der Waals surface area contributed by atoms with Crippen LogP contribution in [0.2, 0.25) is 10.0 Å². The van der Waals surface area contributed by atoms with Gasteiger partial charge in [0.15, 0.2) is 0 Å². The molecular formula is C20H29Cl2N3O3. The van der Waals surface area contributed by atoms with Crippen molar-refractivity contribution >= 4 is 40.7 Å². The fourth-order valence-corrected chi connectivity index (χ4v) is 3.57. The molecule has 2 amide bonds. The van der Waals surface area contributed by atoms with Crippen LogP contribution in [0.5, 0.6) is 0 Å². The first-order valence-electron chi connectivity index (χ1n) is 9.78. The van der Waals surface area contributed by atoms with E-state index in [9.17, 15) is 9.59 Å². The number of hydrogen-bond donors (Lipinski definition) is 2. The summed E-state index contributed by atoms with van der Waals surface area (Å²) >= 11 is 12.1. The topological polar surface area (TPSA) is 70.7 Å². The minimum absolute atomic E-state index is 0.000907. The Labute approximate surface area is 176 Å². The second kappa shape index (κ2) is 11.6. The number of carbonyl (C=O) groups is 2. The van der Waals surface area contributed by atoms with E-state index in [1.165, 1.54) is 0 Å². The molecule has 1 fully saturated rings. The molecule has 0 saturated carbocycles. The third kappa shape index (κ3) is 6.62. The number of benzene rings is 1. The first kappa shape index (κ1) is 22.9. The molecular weight excluding hydrogens is 401 g/mol. The summed E-state index contributed by atoms with van der Waals surface area (Å²) in [5, 5.41) is 6.56. The minimum Gasteiger partial charge on any atom is -0.382 e. The van der Waals surface area contributed by atoms with Crippen LogP contribution in [-0.2, 0) is 14.3 Å². The molecule has 1 aromatic rings. The van der Waals surface area contributed by atoms with Crippen molar-refractivity contribution in [2.24, 2.45) is 5.92 Å². The maximum absolute atomic E-state index is 12.6. The van der Waals surface area contributed by atoms with Crippen LogP contribution in [-0.4, -0.2) is 55.6 Å². The number of nitrogens with zero attached hydrogens (tertiary/aromatic N) is 1. The summed E-state index contributed by atoms with van der Waals surface area (Å²) < 4.78 is 5.27. The second-order valence-corrected chi connectivity index (χ2v) is 7.70. The average Bonchev–Trinajstić information content (AvgIpc) is 2.70. The van der Waals surface area contributed by atoms with Crippen LogP contribution >= 0.6 is 23.2 Å². The maximum atomic E-state index is 12.6. The fraction of sp³-hybridized carbons (Fsp3) is 0.600. The zero-order valence-corrected chi connectivity index (χ0v) is 18.0. The number of halogens is 2. The number of ether oxygens (including phenoxy) is 1. The van der Waals surface area contributed by atoms with E-state index in [-0.39, 0.29) is 23.8 Å². The van der Waals surface area contributed by atoms with Gasteiger partial charge < -0.3 is 15.4 Å². The molecule has 8 heteroatoms. The normalized spacial score (nSPS) is 16.6. The maximum Gasteiger partial charge on any atom is 0.241 e. The number of carbonyl (C=O) groups excluding carboxylic acids is 2. The number of piperidine rings is 1. The van der Waals surface area contributed by atoms with E-state index in [4.69, 9.17) is 27.9 Å². The molecule has 1 saturated heterocycles. The van der Waals surface area contributed by atoms with Gasteiger partial charge in [0, 0.05) is 25.7 Å². The van der Waals surface area contributed by atoms with Gasteiger partial charge in [0.2, 0.25) is 11.8 Å². The predicted molar refractivity (Wildman–Crippen MR) is 113 cm³/mol. The van der Waals surface area contributed by atoms with Gasteiger partial charge in [0.25, 0.3) is 0 Å². The summed E-state index contributed by atoms with van der Waals surface area (Å²) in [6.45, 7) is 7.22. The number of anilines is 1. The Morgan fingerprint density at radius 3 is 2.68 bits per heavy atom. The van der Waals surface area contributed by atoms with E-state index < -0.39 is 0 Å². The number of likely N-dealkylation sites (tertiary alicyclic amines) is 1. The Morgan fingerprint density at radius 1 is 1.29 bits per heavy atom. The second-order valence-electron chi connectivity index (χ2n) is 6.92. The first-order chi connectivity index (χ1) is 13.4. The van der Waals surface area contributed by atoms with E-state index in [1.807, 2.05) is 13.8 Å². The molecule has 0 aliphatic carbocycles. The lowest BCUT2D eigenvalue weighted by Crippen LogP contribution is -2.48. The number of nitrogens with one attached hydrogen (secondary N) is 2. The van der Waals surface area contributed by atoms with Gasteiger partial charge in [-0.25, -0.2) is 0 Å². The molecule has 1 unspecified atom stereocenters. The molecule has 28 heavy (non-hydrogen) atoms. The van der Waals surface area contributed by atoms with Crippen LogP contribution < -0.4 is 10.6 Å². The fourth-order valence-electron chi connectivity index (χ4n) is 3.23. The highest BCUT2D eigenvalue weighted by atomic mass is 35.5. The Bertz CT molecular complexity index is 664. The van der Waals surface area contributed by atoms with E-state index >= 15 is 0 Å². The van der Waals surface area contributed by atoms with Crippen LogP contribution in [0.4, 0.5) is 5.69 Å². The highest BCUT2D eigenvalue weighted by Gasteiger charge is 2.29. The van der Waals surface area contributed by atoms with Crippen molar-refractivity contribution < 1.29 is 14.3 Å². The standard InChI is InChI=1S/C20H29Cl2N3O3/c1-3-28-13-5-10-23-20(27)15-8-11-25(12-9-15)14(2)19(26)24-17-7-4-6-16(21)18(17)22/h4,6-7,14-15H,3,5,8-13H2,1-2H3,(H,23,27)(H,24,26). The van der Waals surface area contributed by atoms with Gasteiger partial charge in [-0.3, -0.25) is 14.5 Å². The van der Waals surface area contributed by atoms with Crippen LogP contribution in [0, 0.1) is 5.92 Å². The Morgan fingerprint density at radius 2 is 2.00 bits per heavy atom. The highest BCUT2D eigenvalue weighted by molar-refractivity contribution is 6.44. The van der Waals surface area contributed by atoms with Gasteiger partial charge in [-0.2, -0.15) is 0 Å². The number of rotatable bonds is 9. The van der Waals surface area contributed by atoms with Crippen molar-refractivity contribution in [1.82, 2.24) is 10.2 Å². The molecule has 0 spiro atoms. The molecule has 2 rings (SSSR count). The third-order valence-electron chi connectivity index (χ3n) is 5.01. The third-order valence-corrected chi connectivity index (χ3v) is 5.82. The zero-order chi connectivity index (χ0) is 20.5. The molecule has 2 N–H and O–H groups in total. The molecule has 1 atom stereocenters. The molecule has 156 valence electrons. The number of amides is 2. The predicted octanol–water partition coefficient (Wildman–Crippen LogP) is 3.58. The van der Waals surface area contributed by atoms with Crippen LogP contribution in [0.3, 0.4) is 0 Å². The molecule has 0 aromatic heterocycles. The van der Waals surface area contributed by atoms with Crippen molar-refractivity contribution in [2.75, 3.05) is 38.2 Å². The lowest BCUT2D eigenvalue weighted by atomic mass is 9.95. The van der Waals surface area contributed by atoms with E-state index in [2.05, 4.69) is 15.5 Å². The zero-order valence-electron chi connectivity index (χ0n) is 16.5. The average molecular weight is 430 g/mol. The van der Waals surface area contributed by atoms with E-state index in [0.717, 1.165) is 19.3 Å². The summed E-state index contributed by atoms with van der Waals surface area (Å²) in [7, 11) is 0. The van der Waals surface area contributed by atoms with Gasteiger partial charge >= 0.3 is 0 Å². The Kier molecular flexibility index (Phi) is 9.51. The lowest BCUT2D eigenvalue weighted by molar-refractivity contribution is -0.127. The largest absolute Gasteiger partial charge is 0.382 e. The van der Waals surface area contributed by atoms with Gasteiger partial charge in [-0.15, -0.1) is 0 Å². The Hall–Kier alpha value is -1.34. The summed E-state index contributed by atoms with van der Waals surface area (Å²) in [6, 6.07) is 4.83. The van der Waals surface area contributed by atoms with Gasteiger partial charge in [0.1, 0.15) is 0 Å². The van der Waals surface area contributed by atoms with Crippen LogP contribution in [0.25, 0.3) is 0 Å². The van der Waals surface area contributed by atoms with Crippen molar-refractivity contribution in [3.63, 3.8) is 0 Å². The molecule has 6 nitrogen and oxygen atoms in total. The molecule has 1 aliphatic heterocycles. The molecule has 1 aliphatic rings. The lowest BCUT2D eigenvalue weighted by Gasteiger charge is -2.34. The summed E-state index contributed by atoms with van der Waals surface area (Å²) in [6.07, 6.45) is 2.31. The molecule has 1 heterocycles. The van der Waals surface area contributed by atoms with Crippen LogP contribution in [0.15, 0.2) is 18.2 Å².